The number of aromatic nitrogens is 2. The fourth-order valence-corrected chi connectivity index (χ4v) is 1.98. The number of hydrogen-bond donors (Lipinski definition) is 2. The van der Waals surface area contributed by atoms with E-state index in [9.17, 15) is 4.79 Å². The van der Waals surface area contributed by atoms with Crippen molar-refractivity contribution in [2.45, 2.75) is 13.0 Å². The Kier molecular flexibility index (Phi) is 4.05. The quantitative estimate of drug-likeness (QED) is 0.873. The Morgan fingerprint density at radius 3 is 2.55 bits per heavy atom. The lowest BCUT2D eigenvalue weighted by Crippen LogP contribution is -2.24. The number of H-pyrrole nitrogens is 1. The van der Waals surface area contributed by atoms with Gasteiger partial charge in [0, 0.05) is 5.56 Å². The summed E-state index contributed by atoms with van der Waals surface area (Å²) < 4.78 is 10.4. The molecule has 1 aromatic heterocycles. The van der Waals surface area contributed by atoms with E-state index in [1.54, 1.807) is 45.4 Å². The third-order valence-corrected chi connectivity index (χ3v) is 3.06. The van der Waals surface area contributed by atoms with E-state index < -0.39 is 6.04 Å². The van der Waals surface area contributed by atoms with Crippen molar-refractivity contribution in [1.82, 2.24) is 10.2 Å². The molecule has 20 heavy (non-hydrogen) atoms. The lowest BCUT2D eigenvalue weighted by atomic mass is 10.0. The summed E-state index contributed by atoms with van der Waals surface area (Å²) in [6.07, 6.45) is 0. The predicted octanol–water partition coefficient (Wildman–Crippen LogP) is 1.14. The largest absolute Gasteiger partial charge is 0.493 e. The van der Waals surface area contributed by atoms with Crippen molar-refractivity contribution in [3.63, 3.8) is 0 Å². The van der Waals surface area contributed by atoms with Crippen LogP contribution in [-0.2, 0) is 0 Å². The molecule has 0 aliphatic rings. The van der Waals surface area contributed by atoms with Crippen LogP contribution >= 0.6 is 0 Å². The van der Waals surface area contributed by atoms with E-state index in [4.69, 9.17) is 15.2 Å². The molecule has 0 bridgehead atoms. The first kappa shape index (κ1) is 14.1. The minimum absolute atomic E-state index is 0.294. The molecule has 1 aromatic carbocycles. The third kappa shape index (κ3) is 2.65. The molecule has 0 fully saturated rings. The topological polar surface area (TPSA) is 90.2 Å². The Morgan fingerprint density at radius 2 is 1.90 bits per heavy atom. The molecule has 1 heterocycles. The predicted molar refractivity (Wildman–Crippen MR) is 75.2 cm³/mol. The normalized spacial score (nSPS) is 12.0. The number of hydrogen-bond acceptors (Lipinski definition) is 5. The monoisotopic (exact) mass is 275 g/mol. The highest BCUT2D eigenvalue weighted by atomic mass is 16.5. The smallest absolute Gasteiger partial charge is 0.269 e. The van der Waals surface area contributed by atoms with Crippen LogP contribution in [0.2, 0.25) is 0 Å². The van der Waals surface area contributed by atoms with Crippen LogP contribution in [-0.4, -0.2) is 24.4 Å². The summed E-state index contributed by atoms with van der Waals surface area (Å²) in [5.41, 5.74) is 7.79. The van der Waals surface area contributed by atoms with Crippen LogP contribution < -0.4 is 20.8 Å². The number of aryl methyl sites for hydroxylation is 1. The second kappa shape index (κ2) is 5.75. The Hall–Kier alpha value is -2.34. The van der Waals surface area contributed by atoms with Crippen LogP contribution in [0, 0.1) is 6.92 Å². The molecule has 0 amide bonds. The molecule has 6 nitrogen and oxygen atoms in total. The van der Waals surface area contributed by atoms with E-state index in [2.05, 4.69) is 10.2 Å². The summed E-state index contributed by atoms with van der Waals surface area (Å²) in [5.74, 6) is 1.19. The molecule has 0 spiro atoms. The van der Waals surface area contributed by atoms with Gasteiger partial charge in [-0.05, 0) is 30.7 Å². The van der Waals surface area contributed by atoms with E-state index in [0.29, 0.717) is 22.8 Å². The van der Waals surface area contributed by atoms with Gasteiger partial charge in [-0.25, -0.2) is 5.10 Å². The molecule has 0 aliphatic carbocycles. The molecule has 2 rings (SSSR count). The number of aromatic amines is 1. The van der Waals surface area contributed by atoms with Gasteiger partial charge in [0.2, 0.25) is 0 Å². The Morgan fingerprint density at radius 1 is 1.20 bits per heavy atom. The highest BCUT2D eigenvalue weighted by Gasteiger charge is 2.15. The van der Waals surface area contributed by atoms with Crippen molar-refractivity contribution < 1.29 is 9.47 Å². The summed E-state index contributed by atoms with van der Waals surface area (Å²) >= 11 is 0. The maximum atomic E-state index is 11.8. The average Bonchev–Trinajstić information content (AvgIpc) is 2.48. The van der Waals surface area contributed by atoms with Crippen molar-refractivity contribution in [2.24, 2.45) is 5.73 Å². The second-order valence-corrected chi connectivity index (χ2v) is 4.39. The van der Waals surface area contributed by atoms with Crippen molar-refractivity contribution in [1.29, 1.82) is 0 Å². The minimum Gasteiger partial charge on any atom is -0.493 e. The number of rotatable bonds is 4. The first-order valence-electron chi connectivity index (χ1n) is 6.10. The lowest BCUT2D eigenvalue weighted by Gasteiger charge is -2.14. The molecule has 1 unspecified atom stereocenters. The molecular weight excluding hydrogens is 258 g/mol. The molecule has 106 valence electrons. The van der Waals surface area contributed by atoms with E-state index in [1.165, 1.54) is 0 Å². The van der Waals surface area contributed by atoms with Gasteiger partial charge in [0.1, 0.15) is 0 Å². The zero-order valence-corrected chi connectivity index (χ0v) is 11.6. The van der Waals surface area contributed by atoms with Gasteiger partial charge in [-0.1, -0.05) is 6.07 Å². The molecule has 2 aromatic rings. The SMILES string of the molecule is COc1ccc(C(N)c2cc(C)n[nH]c2=O)cc1OC. The molecule has 0 saturated heterocycles. The molecule has 3 N–H and O–H groups in total. The van der Waals surface area contributed by atoms with Gasteiger partial charge in [-0.3, -0.25) is 4.79 Å². The number of ether oxygens (including phenoxy) is 2. The molecule has 1 atom stereocenters. The van der Waals surface area contributed by atoms with Gasteiger partial charge >= 0.3 is 0 Å². The zero-order valence-electron chi connectivity index (χ0n) is 11.6. The second-order valence-electron chi connectivity index (χ2n) is 4.39. The standard InChI is InChI=1S/C14H17N3O3/c1-8-6-10(14(18)17-16-8)13(15)9-4-5-11(19-2)12(7-9)20-3/h4-7,13H,15H2,1-3H3,(H,17,18). The minimum atomic E-state index is -0.555. The fraction of sp³-hybridized carbons (Fsp3) is 0.286. The molecule has 0 saturated carbocycles. The third-order valence-electron chi connectivity index (χ3n) is 3.06. The van der Waals surface area contributed by atoms with Gasteiger partial charge in [-0.15, -0.1) is 0 Å². The van der Waals surface area contributed by atoms with Gasteiger partial charge in [0.15, 0.2) is 11.5 Å². The number of nitrogens with one attached hydrogen (secondary N) is 1. The van der Waals surface area contributed by atoms with Crippen LogP contribution in [0.4, 0.5) is 0 Å². The average molecular weight is 275 g/mol. The number of benzene rings is 1. The van der Waals surface area contributed by atoms with Gasteiger partial charge in [-0.2, -0.15) is 5.10 Å². The maximum absolute atomic E-state index is 11.8. The Balaban J connectivity index is 2.45. The first-order valence-corrected chi connectivity index (χ1v) is 6.10. The van der Waals surface area contributed by atoms with E-state index in [0.717, 1.165) is 5.56 Å². The lowest BCUT2D eigenvalue weighted by molar-refractivity contribution is 0.354. The van der Waals surface area contributed by atoms with Crippen LogP contribution in [0.25, 0.3) is 0 Å². The van der Waals surface area contributed by atoms with E-state index >= 15 is 0 Å². The summed E-state index contributed by atoms with van der Waals surface area (Å²) in [7, 11) is 3.12. The van der Waals surface area contributed by atoms with Crippen molar-refractivity contribution in [2.75, 3.05) is 14.2 Å². The molecule has 0 aliphatic heterocycles. The summed E-state index contributed by atoms with van der Waals surface area (Å²) in [4.78, 5) is 11.8. The van der Waals surface area contributed by atoms with Crippen LogP contribution in [0.3, 0.4) is 0 Å². The number of nitrogens with zero attached hydrogens (tertiary/aromatic N) is 1. The molecule has 0 radical (unpaired) electrons. The van der Waals surface area contributed by atoms with Crippen molar-refractivity contribution >= 4 is 0 Å². The summed E-state index contributed by atoms with van der Waals surface area (Å²) in [6, 6.07) is 6.45. The highest BCUT2D eigenvalue weighted by Crippen LogP contribution is 2.30. The number of methoxy groups -OCH3 is 2. The fourth-order valence-electron chi connectivity index (χ4n) is 1.98. The summed E-state index contributed by atoms with van der Waals surface area (Å²) in [5, 5.41) is 6.27. The zero-order chi connectivity index (χ0) is 14.7. The van der Waals surface area contributed by atoms with Crippen LogP contribution in [0.1, 0.15) is 22.9 Å². The van der Waals surface area contributed by atoms with Gasteiger partial charge < -0.3 is 15.2 Å². The van der Waals surface area contributed by atoms with E-state index in [1.807, 2.05) is 0 Å². The van der Waals surface area contributed by atoms with Crippen molar-refractivity contribution in [3.05, 3.63) is 51.4 Å². The summed E-state index contributed by atoms with van der Waals surface area (Å²) in [6.45, 7) is 1.79. The maximum Gasteiger partial charge on any atom is 0.269 e. The Bertz CT molecular complexity index is 667. The van der Waals surface area contributed by atoms with Crippen LogP contribution in [0.15, 0.2) is 29.1 Å². The van der Waals surface area contributed by atoms with Crippen LogP contribution in [0.5, 0.6) is 11.5 Å². The molecular formula is C14H17N3O3. The van der Waals surface area contributed by atoms with Crippen molar-refractivity contribution in [3.8, 4) is 11.5 Å². The van der Waals surface area contributed by atoms with E-state index in [-0.39, 0.29) is 5.56 Å². The Labute approximate surface area is 116 Å². The van der Waals surface area contributed by atoms with Gasteiger partial charge in [0.05, 0.1) is 26.0 Å². The highest BCUT2D eigenvalue weighted by molar-refractivity contribution is 5.45. The first-order chi connectivity index (χ1) is 9.56. The number of nitrogens with two attached hydrogens (primary N) is 1. The molecule has 6 heteroatoms. The van der Waals surface area contributed by atoms with Gasteiger partial charge in [0.25, 0.3) is 5.56 Å².